The molecule has 4 nitrogen and oxygen atoms in total. The monoisotopic (exact) mass is 139 g/mol. The fourth-order valence-electron chi connectivity index (χ4n) is 1.08. The van der Waals surface area contributed by atoms with E-state index in [-0.39, 0.29) is 6.01 Å². The van der Waals surface area contributed by atoms with E-state index in [1.54, 1.807) is 0 Å². The summed E-state index contributed by atoms with van der Waals surface area (Å²) in [6, 6.07) is 0.175. The van der Waals surface area contributed by atoms with Gasteiger partial charge in [0, 0.05) is 5.92 Å². The van der Waals surface area contributed by atoms with Crippen molar-refractivity contribution >= 4 is 6.01 Å². The molecule has 0 spiro atoms. The maximum absolute atomic E-state index is 5.25. The Kier molecular flexibility index (Phi) is 0.977. The van der Waals surface area contributed by atoms with Crippen LogP contribution >= 0.6 is 0 Å². The van der Waals surface area contributed by atoms with Crippen molar-refractivity contribution in [2.75, 3.05) is 5.73 Å². The highest BCUT2D eigenvalue weighted by atomic mass is 16.5. The van der Waals surface area contributed by atoms with Crippen LogP contribution in [0.5, 0.6) is 0 Å². The largest absolute Gasteiger partial charge is 0.351 e. The van der Waals surface area contributed by atoms with Crippen molar-refractivity contribution in [2.45, 2.75) is 19.3 Å². The van der Waals surface area contributed by atoms with Gasteiger partial charge in [-0.15, -0.1) is 0 Å². The Morgan fingerprint density at radius 3 is 2.80 bits per heavy atom. The Hall–Kier alpha value is -1.06. The molecule has 1 fully saturated rings. The number of anilines is 1. The molecule has 4 heteroatoms. The van der Waals surface area contributed by atoms with Gasteiger partial charge in [0.1, 0.15) is 0 Å². The van der Waals surface area contributed by atoms with Crippen LogP contribution in [0.4, 0.5) is 6.01 Å². The summed E-state index contributed by atoms with van der Waals surface area (Å²) in [5.74, 6) is 1.98. The molecule has 2 rings (SSSR count). The van der Waals surface area contributed by atoms with Crippen LogP contribution in [0.15, 0.2) is 4.52 Å². The van der Waals surface area contributed by atoms with Crippen LogP contribution in [0, 0.1) is 5.92 Å². The summed E-state index contributed by atoms with van der Waals surface area (Å²) in [7, 11) is 0. The first-order valence-electron chi connectivity index (χ1n) is 3.36. The van der Waals surface area contributed by atoms with E-state index < -0.39 is 0 Å². The average Bonchev–Trinajstić information content (AvgIpc) is 2.42. The molecular formula is C6H9N3O. The molecule has 1 aromatic heterocycles. The van der Waals surface area contributed by atoms with Crippen LogP contribution in [0.1, 0.15) is 25.1 Å². The molecule has 1 heterocycles. The lowest BCUT2D eigenvalue weighted by Gasteiger charge is -1.81. The predicted molar refractivity (Wildman–Crippen MR) is 35.2 cm³/mol. The molecule has 2 atom stereocenters. The molecule has 1 aromatic rings. The van der Waals surface area contributed by atoms with Crippen LogP contribution in [0.3, 0.4) is 0 Å². The predicted octanol–water partition coefficient (Wildman–Crippen LogP) is 0.775. The SMILES string of the molecule is CC1CC1c1noc(N)n1. The Bertz CT molecular complexity index is 245. The van der Waals surface area contributed by atoms with Gasteiger partial charge >= 0.3 is 6.01 Å². The minimum atomic E-state index is 0.175. The quantitative estimate of drug-likeness (QED) is 0.624. The molecule has 2 N–H and O–H groups in total. The van der Waals surface area contributed by atoms with Crippen LogP contribution in [-0.2, 0) is 0 Å². The molecule has 2 unspecified atom stereocenters. The van der Waals surface area contributed by atoms with Crippen LogP contribution in [0.25, 0.3) is 0 Å². The Balaban J connectivity index is 2.20. The van der Waals surface area contributed by atoms with Gasteiger partial charge < -0.3 is 10.3 Å². The Morgan fingerprint density at radius 2 is 2.40 bits per heavy atom. The summed E-state index contributed by atoms with van der Waals surface area (Å²) >= 11 is 0. The van der Waals surface area contributed by atoms with Crippen molar-refractivity contribution in [2.24, 2.45) is 5.92 Å². The van der Waals surface area contributed by atoms with Crippen molar-refractivity contribution in [3.05, 3.63) is 5.82 Å². The van der Waals surface area contributed by atoms with E-state index in [0.717, 1.165) is 5.82 Å². The van der Waals surface area contributed by atoms with Gasteiger partial charge in [0.15, 0.2) is 5.82 Å². The highest BCUT2D eigenvalue weighted by Gasteiger charge is 2.37. The minimum absolute atomic E-state index is 0.175. The third kappa shape index (κ3) is 0.761. The molecule has 1 aliphatic rings. The second-order valence-corrected chi connectivity index (χ2v) is 2.81. The zero-order valence-corrected chi connectivity index (χ0v) is 5.74. The lowest BCUT2D eigenvalue weighted by atomic mass is 10.3. The van der Waals surface area contributed by atoms with Gasteiger partial charge in [-0.1, -0.05) is 12.1 Å². The molecule has 1 aliphatic carbocycles. The molecule has 0 amide bonds. The van der Waals surface area contributed by atoms with Crippen molar-refractivity contribution in [1.29, 1.82) is 0 Å². The number of aromatic nitrogens is 2. The number of hydrogen-bond donors (Lipinski definition) is 1. The van der Waals surface area contributed by atoms with Crippen LogP contribution in [-0.4, -0.2) is 10.1 Å². The molecule has 1 saturated carbocycles. The van der Waals surface area contributed by atoms with E-state index in [1.165, 1.54) is 6.42 Å². The topological polar surface area (TPSA) is 64.9 Å². The number of nitrogens with zero attached hydrogens (tertiary/aromatic N) is 2. The van der Waals surface area contributed by atoms with Crippen molar-refractivity contribution in [3.8, 4) is 0 Å². The normalized spacial score (nSPS) is 30.5. The minimum Gasteiger partial charge on any atom is -0.351 e. The van der Waals surface area contributed by atoms with Gasteiger partial charge in [0.05, 0.1) is 0 Å². The average molecular weight is 139 g/mol. The number of nitrogens with two attached hydrogens (primary N) is 1. The van der Waals surface area contributed by atoms with E-state index >= 15 is 0 Å². The van der Waals surface area contributed by atoms with Crippen LogP contribution in [0.2, 0.25) is 0 Å². The second-order valence-electron chi connectivity index (χ2n) is 2.81. The summed E-state index contributed by atoms with van der Waals surface area (Å²) in [5.41, 5.74) is 5.25. The van der Waals surface area contributed by atoms with Crippen molar-refractivity contribution < 1.29 is 4.52 Å². The van der Waals surface area contributed by atoms with Gasteiger partial charge in [-0.3, -0.25) is 0 Å². The van der Waals surface area contributed by atoms with E-state index in [0.29, 0.717) is 11.8 Å². The fraction of sp³-hybridized carbons (Fsp3) is 0.667. The molecule has 54 valence electrons. The van der Waals surface area contributed by atoms with E-state index in [2.05, 4.69) is 21.6 Å². The van der Waals surface area contributed by atoms with E-state index in [9.17, 15) is 0 Å². The Labute approximate surface area is 58.4 Å². The summed E-state index contributed by atoms with van der Waals surface area (Å²) < 4.78 is 4.63. The molecule has 0 radical (unpaired) electrons. The fourth-order valence-corrected chi connectivity index (χ4v) is 1.08. The molecule has 0 saturated heterocycles. The summed E-state index contributed by atoms with van der Waals surface area (Å²) in [5, 5.41) is 3.72. The first-order chi connectivity index (χ1) is 4.77. The van der Waals surface area contributed by atoms with E-state index in [1.807, 2.05) is 0 Å². The van der Waals surface area contributed by atoms with Gasteiger partial charge in [0.25, 0.3) is 0 Å². The zero-order valence-electron chi connectivity index (χ0n) is 5.74. The maximum Gasteiger partial charge on any atom is 0.318 e. The van der Waals surface area contributed by atoms with E-state index in [4.69, 9.17) is 5.73 Å². The molecule has 0 bridgehead atoms. The molecule has 10 heavy (non-hydrogen) atoms. The van der Waals surface area contributed by atoms with Gasteiger partial charge in [0.2, 0.25) is 0 Å². The lowest BCUT2D eigenvalue weighted by molar-refractivity contribution is 0.426. The number of hydrogen-bond acceptors (Lipinski definition) is 4. The molecule has 0 aliphatic heterocycles. The van der Waals surface area contributed by atoms with Gasteiger partial charge in [-0.2, -0.15) is 4.98 Å². The number of nitrogen functional groups attached to an aromatic ring is 1. The van der Waals surface area contributed by atoms with Gasteiger partial charge in [-0.05, 0) is 12.3 Å². The first kappa shape index (κ1) is 5.70. The standard InChI is InChI=1S/C6H9N3O/c1-3-2-4(3)5-8-6(7)10-9-5/h3-4H,2H2,1H3,(H2,7,8,9). The summed E-state index contributed by atoms with van der Waals surface area (Å²) in [4.78, 5) is 3.92. The van der Waals surface area contributed by atoms with Gasteiger partial charge in [-0.25, -0.2) is 0 Å². The van der Waals surface area contributed by atoms with Crippen molar-refractivity contribution in [3.63, 3.8) is 0 Å². The molecular weight excluding hydrogens is 130 g/mol. The lowest BCUT2D eigenvalue weighted by Crippen LogP contribution is -1.86. The zero-order chi connectivity index (χ0) is 7.14. The van der Waals surface area contributed by atoms with Crippen molar-refractivity contribution in [1.82, 2.24) is 10.1 Å². The Morgan fingerprint density at radius 1 is 1.70 bits per heavy atom. The second kappa shape index (κ2) is 1.71. The number of rotatable bonds is 1. The first-order valence-corrected chi connectivity index (χ1v) is 3.36. The third-order valence-corrected chi connectivity index (χ3v) is 1.90. The highest BCUT2D eigenvalue weighted by Crippen LogP contribution is 2.45. The molecule has 0 aromatic carbocycles. The summed E-state index contributed by atoms with van der Waals surface area (Å²) in [6.45, 7) is 2.16. The third-order valence-electron chi connectivity index (χ3n) is 1.90. The van der Waals surface area contributed by atoms with Crippen LogP contribution < -0.4 is 5.73 Å². The maximum atomic E-state index is 5.25. The highest BCUT2D eigenvalue weighted by molar-refractivity contribution is 5.14. The summed E-state index contributed by atoms with van der Waals surface area (Å²) in [6.07, 6.45) is 1.17. The smallest absolute Gasteiger partial charge is 0.318 e.